The van der Waals surface area contributed by atoms with Gasteiger partial charge in [0.25, 0.3) is 0 Å². The Bertz CT molecular complexity index is 271. The molecule has 0 aliphatic rings. The summed E-state index contributed by atoms with van der Waals surface area (Å²) in [6.45, 7) is 7.91. The van der Waals surface area contributed by atoms with Crippen LogP contribution >= 0.6 is 11.6 Å². The molecule has 0 heterocycles. The van der Waals surface area contributed by atoms with Crippen LogP contribution in [0.25, 0.3) is 0 Å². The van der Waals surface area contributed by atoms with Gasteiger partial charge in [-0.1, -0.05) is 44.5 Å². The molecule has 14 heavy (non-hydrogen) atoms. The van der Waals surface area contributed by atoms with Crippen molar-refractivity contribution in [1.82, 2.24) is 0 Å². The molecule has 0 aromatic heterocycles. The fourth-order valence-corrected chi connectivity index (χ4v) is 1.48. The predicted molar refractivity (Wildman–Crippen MR) is 62.8 cm³/mol. The summed E-state index contributed by atoms with van der Waals surface area (Å²) in [6, 6.07) is 5.71. The summed E-state index contributed by atoms with van der Waals surface area (Å²) in [5.41, 5.74) is 1.94. The van der Waals surface area contributed by atoms with Gasteiger partial charge in [0.05, 0.1) is 6.10 Å². The van der Waals surface area contributed by atoms with Gasteiger partial charge in [-0.15, -0.1) is 0 Å². The summed E-state index contributed by atoms with van der Waals surface area (Å²) in [7, 11) is 0. The minimum absolute atomic E-state index is 0.432. The summed E-state index contributed by atoms with van der Waals surface area (Å²) in [5, 5.41) is 10.2. The minimum atomic E-state index is -0.432. The van der Waals surface area contributed by atoms with Gasteiger partial charge in [0, 0.05) is 5.02 Å². The standard InChI is InChI=1S/C10H13ClO.C2H6/c1-3-10(12)8-5-4-7(2)6-9(8)11;1-2/h4-6,10,12H,3H2,1-2H3;1-2H3. The molecule has 1 unspecified atom stereocenters. The molecular weight excluding hydrogens is 196 g/mol. The van der Waals surface area contributed by atoms with Gasteiger partial charge in [-0.05, 0) is 30.5 Å². The highest BCUT2D eigenvalue weighted by molar-refractivity contribution is 6.31. The Morgan fingerprint density at radius 2 is 1.93 bits per heavy atom. The van der Waals surface area contributed by atoms with Crippen LogP contribution in [0.3, 0.4) is 0 Å². The van der Waals surface area contributed by atoms with E-state index in [2.05, 4.69) is 0 Å². The predicted octanol–water partition coefficient (Wildman–Crippen LogP) is 4.12. The molecule has 1 aromatic rings. The maximum atomic E-state index is 9.52. The summed E-state index contributed by atoms with van der Waals surface area (Å²) in [4.78, 5) is 0. The van der Waals surface area contributed by atoms with E-state index in [0.29, 0.717) is 11.4 Å². The van der Waals surface area contributed by atoms with E-state index in [9.17, 15) is 5.11 Å². The molecule has 0 radical (unpaired) electrons. The van der Waals surface area contributed by atoms with E-state index in [-0.39, 0.29) is 0 Å². The maximum absolute atomic E-state index is 9.52. The van der Waals surface area contributed by atoms with E-state index in [0.717, 1.165) is 11.1 Å². The van der Waals surface area contributed by atoms with Gasteiger partial charge in [-0.25, -0.2) is 0 Å². The van der Waals surface area contributed by atoms with Crippen molar-refractivity contribution in [3.63, 3.8) is 0 Å². The first kappa shape index (κ1) is 13.5. The smallest absolute Gasteiger partial charge is 0.0801 e. The van der Waals surface area contributed by atoms with Crippen molar-refractivity contribution in [2.75, 3.05) is 0 Å². The number of rotatable bonds is 2. The van der Waals surface area contributed by atoms with E-state index in [1.165, 1.54) is 0 Å². The zero-order chi connectivity index (χ0) is 11.1. The van der Waals surface area contributed by atoms with Crippen molar-refractivity contribution >= 4 is 11.6 Å². The lowest BCUT2D eigenvalue weighted by Crippen LogP contribution is -1.95. The zero-order valence-corrected chi connectivity index (χ0v) is 10.1. The minimum Gasteiger partial charge on any atom is -0.388 e. The molecular formula is C12H19ClO. The van der Waals surface area contributed by atoms with E-state index in [4.69, 9.17) is 11.6 Å². The number of aliphatic hydroxyl groups is 1. The average molecular weight is 215 g/mol. The summed E-state index contributed by atoms with van der Waals surface area (Å²) in [6.07, 6.45) is 0.265. The lowest BCUT2D eigenvalue weighted by molar-refractivity contribution is 0.174. The average Bonchev–Trinajstić information content (AvgIpc) is 2.20. The highest BCUT2D eigenvalue weighted by Crippen LogP contribution is 2.25. The van der Waals surface area contributed by atoms with Crippen LogP contribution in [0.2, 0.25) is 5.02 Å². The first-order chi connectivity index (χ1) is 6.65. The van der Waals surface area contributed by atoms with Crippen molar-refractivity contribution in [2.24, 2.45) is 0 Å². The molecule has 0 spiro atoms. The maximum Gasteiger partial charge on any atom is 0.0801 e. The van der Waals surface area contributed by atoms with Gasteiger partial charge >= 0.3 is 0 Å². The molecule has 2 heteroatoms. The van der Waals surface area contributed by atoms with Crippen molar-refractivity contribution in [3.8, 4) is 0 Å². The van der Waals surface area contributed by atoms with E-state index < -0.39 is 6.10 Å². The molecule has 0 fully saturated rings. The Hall–Kier alpha value is -0.530. The van der Waals surface area contributed by atoms with Gasteiger partial charge in [0.15, 0.2) is 0 Å². The van der Waals surface area contributed by atoms with Crippen LogP contribution in [-0.2, 0) is 0 Å². The van der Waals surface area contributed by atoms with Crippen LogP contribution in [0, 0.1) is 6.92 Å². The number of halogens is 1. The van der Waals surface area contributed by atoms with Crippen molar-refractivity contribution in [3.05, 3.63) is 34.3 Å². The number of benzene rings is 1. The Kier molecular flexibility index (Phi) is 6.60. The van der Waals surface area contributed by atoms with Crippen molar-refractivity contribution < 1.29 is 5.11 Å². The molecule has 1 rings (SSSR count). The molecule has 1 aromatic carbocycles. The summed E-state index contributed by atoms with van der Waals surface area (Å²) >= 11 is 5.94. The fourth-order valence-electron chi connectivity index (χ4n) is 1.12. The van der Waals surface area contributed by atoms with E-state index in [1.807, 2.05) is 45.9 Å². The number of aliphatic hydroxyl groups excluding tert-OH is 1. The number of aryl methyl sites for hydroxylation is 1. The number of hydrogen-bond donors (Lipinski definition) is 1. The second-order valence-corrected chi connectivity index (χ2v) is 3.36. The number of hydrogen-bond acceptors (Lipinski definition) is 1. The summed E-state index contributed by atoms with van der Waals surface area (Å²) < 4.78 is 0. The zero-order valence-electron chi connectivity index (χ0n) is 9.34. The highest BCUT2D eigenvalue weighted by Gasteiger charge is 2.08. The third-order valence-corrected chi connectivity index (χ3v) is 2.23. The Morgan fingerprint density at radius 1 is 1.36 bits per heavy atom. The van der Waals surface area contributed by atoms with Crippen LogP contribution in [0.1, 0.15) is 44.4 Å². The Labute approximate surface area is 91.7 Å². The Morgan fingerprint density at radius 3 is 2.36 bits per heavy atom. The molecule has 0 bridgehead atoms. The van der Waals surface area contributed by atoms with Crippen LogP contribution in [-0.4, -0.2) is 5.11 Å². The monoisotopic (exact) mass is 214 g/mol. The highest BCUT2D eigenvalue weighted by atomic mass is 35.5. The van der Waals surface area contributed by atoms with Crippen molar-refractivity contribution in [1.29, 1.82) is 0 Å². The van der Waals surface area contributed by atoms with Gasteiger partial charge in [0.1, 0.15) is 0 Å². The fraction of sp³-hybridized carbons (Fsp3) is 0.500. The van der Waals surface area contributed by atoms with Crippen LogP contribution < -0.4 is 0 Å². The third kappa shape index (κ3) is 3.69. The van der Waals surface area contributed by atoms with Gasteiger partial charge in [-0.3, -0.25) is 0 Å². The van der Waals surface area contributed by atoms with Gasteiger partial charge in [-0.2, -0.15) is 0 Å². The molecule has 1 nitrogen and oxygen atoms in total. The SMILES string of the molecule is CC.CCC(O)c1ccc(C)cc1Cl. The van der Waals surface area contributed by atoms with Crippen LogP contribution in [0.5, 0.6) is 0 Å². The van der Waals surface area contributed by atoms with Crippen molar-refractivity contribution in [2.45, 2.75) is 40.2 Å². The molecule has 0 aliphatic heterocycles. The summed E-state index contributed by atoms with van der Waals surface area (Å²) in [5.74, 6) is 0. The largest absolute Gasteiger partial charge is 0.388 e. The van der Waals surface area contributed by atoms with Gasteiger partial charge in [0.2, 0.25) is 0 Å². The Balaban J connectivity index is 0.000000791. The third-order valence-electron chi connectivity index (χ3n) is 1.90. The van der Waals surface area contributed by atoms with Crippen LogP contribution in [0.4, 0.5) is 0 Å². The van der Waals surface area contributed by atoms with E-state index >= 15 is 0 Å². The molecule has 0 amide bonds. The quantitative estimate of drug-likeness (QED) is 0.786. The molecule has 80 valence electrons. The lowest BCUT2D eigenvalue weighted by Gasteiger charge is -2.10. The second-order valence-electron chi connectivity index (χ2n) is 2.95. The molecule has 0 aliphatic carbocycles. The first-order valence-electron chi connectivity index (χ1n) is 5.09. The lowest BCUT2D eigenvalue weighted by atomic mass is 10.1. The first-order valence-corrected chi connectivity index (χ1v) is 5.47. The molecule has 1 atom stereocenters. The van der Waals surface area contributed by atoms with E-state index in [1.54, 1.807) is 0 Å². The molecule has 0 saturated carbocycles. The normalized spacial score (nSPS) is 11.6. The van der Waals surface area contributed by atoms with Crippen LogP contribution in [0.15, 0.2) is 18.2 Å². The second kappa shape index (κ2) is 6.86. The topological polar surface area (TPSA) is 20.2 Å². The molecule has 0 saturated heterocycles. The molecule has 1 N–H and O–H groups in total. The van der Waals surface area contributed by atoms with Gasteiger partial charge < -0.3 is 5.11 Å².